The summed E-state index contributed by atoms with van der Waals surface area (Å²) in [6.07, 6.45) is -1.62. The van der Waals surface area contributed by atoms with Gasteiger partial charge in [-0.3, -0.25) is 28.8 Å². The minimum Gasteiger partial charge on any atom is -0.508 e. The number of esters is 1. The number of fused-ring (bicyclic) bond motifs is 6. The van der Waals surface area contributed by atoms with Crippen molar-refractivity contribution in [3.05, 3.63) is 132 Å². The third kappa shape index (κ3) is 13.3. The molecule has 24 nitrogen and oxygen atoms in total. The van der Waals surface area contributed by atoms with E-state index in [0.29, 0.717) is 38.6 Å². The maximum absolute atomic E-state index is 13.9. The Morgan fingerprint density at radius 3 is 2.07 bits per heavy atom. The molecule has 5 aromatic rings. The van der Waals surface area contributed by atoms with Crippen LogP contribution in [0.5, 0.6) is 23.0 Å². The first kappa shape index (κ1) is 59.1. The Hall–Kier alpha value is -8.01. The Labute approximate surface area is 478 Å². The molecule has 426 valence electrons. The number of carbonyl (C=O) groups is 9. The lowest BCUT2D eigenvalue weighted by molar-refractivity contribution is -0.144. The number of carboxylic acids is 2. The van der Waals surface area contributed by atoms with Crippen LogP contribution in [0.2, 0.25) is 14.4 Å². The van der Waals surface area contributed by atoms with Crippen LogP contribution in [0.15, 0.2) is 83.1 Å². The molecule has 29 heteroatoms. The van der Waals surface area contributed by atoms with Gasteiger partial charge in [-0.05, 0) is 85.8 Å². The van der Waals surface area contributed by atoms with Crippen molar-refractivity contribution in [2.24, 2.45) is 5.14 Å². The highest BCUT2D eigenvalue weighted by molar-refractivity contribution is 7.91. The summed E-state index contributed by atoms with van der Waals surface area (Å²) in [5, 5.41) is 58.3. The van der Waals surface area contributed by atoms with Gasteiger partial charge >= 0.3 is 17.9 Å². The number of benzene rings is 4. The number of unbranched alkanes of at least 4 members (excludes halogenated alkanes) is 1. The maximum Gasteiger partial charge on any atom is 0.340 e. The number of hydrogen-bond acceptors (Lipinski definition) is 16. The van der Waals surface area contributed by atoms with E-state index >= 15 is 0 Å². The molecule has 3 aliphatic heterocycles. The number of rotatable bonds is 21. The fourth-order valence-corrected chi connectivity index (χ4v) is 12.3. The number of nitrogens with one attached hydrogen (secondary N) is 5. The van der Waals surface area contributed by atoms with Crippen molar-refractivity contribution in [3.8, 4) is 23.0 Å². The SMILES string of the molecule is NS(=O)(=O)c1sc(Cl)cc1C(=O)N1C[C@@H](NC(=O)Cc2ccc(Cl)cc2Cl)C[C@H]1C(=O)NCCC(=O)N[C@@H](CC(=O)N[C@@H](CCCCNC(=O)c1ccc2c(c1)C(=O)OC21c2ccc(O)cc2Oc2cc(O)ccc21)C(=O)O)C(=O)O. The first-order chi connectivity index (χ1) is 38.3. The Bertz CT molecular complexity index is 3490. The van der Waals surface area contributed by atoms with Crippen molar-refractivity contribution >= 4 is 110 Å². The number of amides is 6. The number of ether oxygens (including phenoxy) is 2. The lowest BCUT2D eigenvalue weighted by Gasteiger charge is -2.36. The van der Waals surface area contributed by atoms with Crippen LogP contribution in [0.1, 0.15) is 91.9 Å². The monoisotopic (exact) mass is 1210 g/mol. The molecule has 4 atom stereocenters. The predicted molar refractivity (Wildman–Crippen MR) is 288 cm³/mol. The van der Waals surface area contributed by atoms with E-state index in [2.05, 4.69) is 26.6 Å². The number of carboxylic acid groups (broad SMARTS) is 2. The van der Waals surface area contributed by atoms with Gasteiger partial charge in [0.05, 0.1) is 28.3 Å². The number of aromatic hydroxyl groups is 2. The van der Waals surface area contributed by atoms with Gasteiger partial charge in [-0.15, -0.1) is 11.3 Å². The maximum atomic E-state index is 13.9. The van der Waals surface area contributed by atoms with Crippen molar-refractivity contribution in [1.82, 2.24) is 31.5 Å². The molecule has 0 bridgehead atoms. The van der Waals surface area contributed by atoms with Crippen LogP contribution in [0.25, 0.3) is 0 Å². The quantitative estimate of drug-likeness (QED) is 0.0368. The Balaban J connectivity index is 0.809. The number of phenolic OH excluding ortho intramolecular Hbond substituents is 2. The molecule has 6 amide bonds. The predicted octanol–water partition coefficient (Wildman–Crippen LogP) is 3.91. The van der Waals surface area contributed by atoms with E-state index in [1.165, 1.54) is 48.5 Å². The zero-order valence-corrected chi connectivity index (χ0v) is 45.9. The minimum absolute atomic E-state index is 0.0351. The highest BCUT2D eigenvalue weighted by Gasteiger charge is 2.54. The minimum atomic E-state index is -4.46. The van der Waals surface area contributed by atoms with Crippen LogP contribution in [0.3, 0.4) is 0 Å². The number of phenols is 2. The molecule has 1 spiro atoms. The van der Waals surface area contributed by atoms with Crippen molar-refractivity contribution < 1.29 is 81.5 Å². The van der Waals surface area contributed by atoms with Crippen LogP contribution in [-0.2, 0) is 55.5 Å². The summed E-state index contributed by atoms with van der Waals surface area (Å²) < 4.78 is 36.1. The second-order valence-electron chi connectivity index (χ2n) is 18.9. The van der Waals surface area contributed by atoms with Gasteiger partial charge in [0.1, 0.15) is 45.3 Å². The van der Waals surface area contributed by atoms with Gasteiger partial charge < -0.3 is 61.4 Å². The lowest BCUT2D eigenvalue weighted by Crippen LogP contribution is -2.48. The van der Waals surface area contributed by atoms with Gasteiger partial charge in [-0.1, -0.05) is 46.9 Å². The molecule has 4 heterocycles. The zero-order chi connectivity index (χ0) is 58.7. The van der Waals surface area contributed by atoms with Crippen molar-refractivity contribution in [3.63, 3.8) is 0 Å². The average Bonchev–Trinajstić information content (AvgIpc) is 2.07. The second-order valence-corrected chi connectivity index (χ2v) is 23.2. The smallest absolute Gasteiger partial charge is 0.340 e. The fourth-order valence-electron chi connectivity index (χ4n) is 9.59. The summed E-state index contributed by atoms with van der Waals surface area (Å²) in [7, 11) is -4.46. The van der Waals surface area contributed by atoms with Gasteiger partial charge in [-0.25, -0.2) is 27.9 Å². The molecule has 8 rings (SSSR count). The zero-order valence-electron chi connectivity index (χ0n) is 42.0. The molecule has 1 saturated heterocycles. The number of hydrogen-bond donors (Lipinski definition) is 10. The highest BCUT2D eigenvalue weighted by atomic mass is 35.5. The van der Waals surface area contributed by atoms with Crippen molar-refractivity contribution in [2.75, 3.05) is 19.6 Å². The first-order valence-corrected chi connectivity index (χ1v) is 28.0. The normalized spacial score (nSPS) is 16.3. The van der Waals surface area contributed by atoms with Crippen LogP contribution >= 0.6 is 46.1 Å². The third-order valence-electron chi connectivity index (χ3n) is 13.3. The topological polar surface area (TPSA) is 377 Å². The second kappa shape index (κ2) is 24.4. The number of aliphatic carboxylic acids is 2. The standard InChI is InChI=1S/C52H48Cl3N7O17S2/c53-26-6-4-24(35(54)17-26)16-43(66)59-27-18-38(62(23-27)47(70)31-21-41(55)80-51(31)81(56,76)77)46(69)58-14-12-42(65)61-37(49(73)74)22-44(67)60-36(48(71)72)3-1-2-13-57-45(68)25-5-9-32-30(15-25)50(75)79-52(32)33-10-7-28(63)19-39(33)78-40-20-29(64)8-11-34(40)52/h4-11,15,17,19-21,27,36-38,63-64H,1-3,12-14,16,18,22-23H2,(H,57,68)(H,58,69)(H,59,66)(H,60,67)(H,61,65)(H,71,72)(H,73,74)(H2,56,76,77)/t27-,36-,37-,38-/m0/s1. The van der Waals surface area contributed by atoms with E-state index in [9.17, 15) is 72.0 Å². The molecular weight excluding hydrogens is 1170 g/mol. The van der Waals surface area contributed by atoms with E-state index in [1.54, 1.807) is 24.3 Å². The molecule has 11 N–H and O–H groups in total. The number of nitrogens with two attached hydrogens (primary N) is 1. The Morgan fingerprint density at radius 1 is 0.778 bits per heavy atom. The van der Waals surface area contributed by atoms with Gasteiger partial charge in [0, 0.05) is 76.5 Å². The Kier molecular flexibility index (Phi) is 17.8. The van der Waals surface area contributed by atoms with Gasteiger partial charge in [0.15, 0.2) is 5.60 Å². The van der Waals surface area contributed by atoms with Crippen molar-refractivity contribution in [2.45, 2.75) is 78.9 Å². The number of carbonyl (C=O) groups excluding carboxylic acids is 7. The summed E-state index contributed by atoms with van der Waals surface area (Å²) >= 11 is 18.8. The molecule has 0 saturated carbocycles. The lowest BCUT2D eigenvalue weighted by atomic mass is 9.77. The molecule has 4 aromatic carbocycles. The van der Waals surface area contributed by atoms with Crippen LogP contribution in [-0.4, -0.2) is 131 Å². The number of likely N-dealkylation sites (tertiary alicyclic amines) is 1. The summed E-state index contributed by atoms with van der Waals surface area (Å²) in [4.78, 5) is 119. The highest BCUT2D eigenvalue weighted by Crippen LogP contribution is 2.57. The van der Waals surface area contributed by atoms with E-state index in [-0.39, 0.29) is 88.7 Å². The summed E-state index contributed by atoms with van der Waals surface area (Å²) in [6, 6.07) is 13.0. The van der Waals surface area contributed by atoms with E-state index in [0.717, 1.165) is 11.0 Å². The van der Waals surface area contributed by atoms with E-state index in [1.807, 2.05) is 0 Å². The molecule has 1 fully saturated rings. The summed E-state index contributed by atoms with van der Waals surface area (Å²) in [6.45, 7) is -0.688. The average molecular weight is 1210 g/mol. The number of nitrogens with zero attached hydrogens (tertiary/aromatic N) is 1. The third-order valence-corrected chi connectivity index (χ3v) is 16.6. The van der Waals surface area contributed by atoms with Gasteiger partial charge in [-0.2, -0.15) is 0 Å². The Morgan fingerprint density at radius 2 is 1.43 bits per heavy atom. The summed E-state index contributed by atoms with van der Waals surface area (Å²) in [5.41, 5.74) is -0.202. The van der Waals surface area contributed by atoms with Crippen LogP contribution in [0.4, 0.5) is 0 Å². The van der Waals surface area contributed by atoms with Crippen LogP contribution < -0.4 is 36.5 Å². The van der Waals surface area contributed by atoms with Gasteiger partial charge in [0.2, 0.25) is 33.7 Å². The fraction of sp³-hybridized carbons (Fsp3) is 0.288. The molecule has 0 radical (unpaired) electrons. The number of sulfonamides is 1. The van der Waals surface area contributed by atoms with E-state index in [4.69, 9.17) is 49.4 Å². The molecule has 3 aliphatic rings. The number of primary sulfonamides is 1. The number of halogens is 3. The largest absolute Gasteiger partial charge is 0.508 e. The number of thiophene rings is 1. The van der Waals surface area contributed by atoms with Crippen LogP contribution in [0, 0.1) is 0 Å². The van der Waals surface area contributed by atoms with Gasteiger partial charge in [0.25, 0.3) is 11.8 Å². The molecule has 81 heavy (non-hydrogen) atoms. The first-order valence-electron chi connectivity index (χ1n) is 24.5. The van der Waals surface area contributed by atoms with E-state index < -0.39 is 122 Å². The molecule has 0 unspecified atom stereocenters. The summed E-state index contributed by atoms with van der Waals surface area (Å²) in [5.74, 6) is -8.66. The van der Waals surface area contributed by atoms with Crippen molar-refractivity contribution in [1.29, 1.82) is 0 Å². The molecular formula is C52H48Cl3N7O17S2. The molecule has 0 aliphatic carbocycles. The molecule has 1 aromatic heterocycles.